The minimum absolute atomic E-state index is 0.125. The third-order valence-electron chi connectivity index (χ3n) is 9.80. The number of rotatable bonds is 13. The molecule has 0 saturated carbocycles. The Kier molecular flexibility index (Phi) is 18.6. The maximum absolute atomic E-state index is 14.0. The second kappa shape index (κ2) is 23.0. The number of carbonyl (C=O) groups is 5. The predicted octanol–water partition coefficient (Wildman–Crippen LogP) is 4.45. The first kappa shape index (κ1) is 46.1. The molecule has 0 unspecified atom stereocenters. The van der Waals surface area contributed by atoms with Crippen LogP contribution in [0.25, 0.3) is 6.08 Å². The van der Waals surface area contributed by atoms with Crippen molar-refractivity contribution in [2.24, 2.45) is 17.6 Å². The normalized spacial score (nSPS) is 26.4. The summed E-state index contributed by atoms with van der Waals surface area (Å²) in [5, 5.41) is 29.6. The smallest absolute Gasteiger partial charge is 0.405 e. The number of nitrogens with two attached hydrogens (primary N) is 1. The lowest BCUT2D eigenvalue weighted by Crippen LogP contribution is -2.38. The number of phenols is 1. The second-order valence-corrected chi connectivity index (χ2v) is 14.5. The van der Waals surface area contributed by atoms with Crippen LogP contribution >= 0.6 is 0 Å². The maximum Gasteiger partial charge on any atom is 0.405 e. The van der Waals surface area contributed by atoms with Crippen LogP contribution in [0.4, 0.5) is 4.79 Å². The summed E-state index contributed by atoms with van der Waals surface area (Å²) >= 11 is 0. The molecule has 2 aliphatic rings. The van der Waals surface area contributed by atoms with Crippen LogP contribution in [0.5, 0.6) is 5.75 Å². The number of allylic oxidation sites excluding steroid dienone is 4. The van der Waals surface area contributed by atoms with Gasteiger partial charge in [0.15, 0.2) is 6.10 Å². The number of aliphatic hydroxyl groups is 1. The van der Waals surface area contributed by atoms with Gasteiger partial charge in [-0.2, -0.15) is 0 Å². The van der Waals surface area contributed by atoms with E-state index >= 15 is 0 Å². The number of phenolic OH excluding ortho intramolecular Hbond substituents is 1. The Balaban J connectivity index is 1.75. The van der Waals surface area contributed by atoms with Crippen LogP contribution in [0.2, 0.25) is 0 Å². The first-order valence-corrected chi connectivity index (χ1v) is 19.2. The summed E-state index contributed by atoms with van der Waals surface area (Å²) in [6.45, 7) is 7.88. The Bertz CT molecular complexity index is 1790. The number of ketones is 2. The number of unbranched alkanes of at least 4 members (excludes halogenated alkanes) is 3. The molecule has 0 aromatic heterocycles. The number of primary amides is 1. The van der Waals surface area contributed by atoms with Crippen molar-refractivity contribution in [3.05, 3.63) is 94.4 Å². The molecular weight excluding hydrogens is 732 g/mol. The number of fused-ring (bicyclic) bond motifs is 2. The fraction of sp³-hybridized carbons (Fsp3) is 0.465. The van der Waals surface area contributed by atoms with Crippen molar-refractivity contribution >= 4 is 35.6 Å². The lowest BCUT2D eigenvalue weighted by Gasteiger charge is -2.30. The van der Waals surface area contributed by atoms with Gasteiger partial charge in [0.1, 0.15) is 11.9 Å². The molecule has 1 aliphatic carbocycles. The summed E-state index contributed by atoms with van der Waals surface area (Å²) in [4.78, 5) is 64.7. The molecule has 57 heavy (non-hydrogen) atoms. The van der Waals surface area contributed by atoms with Crippen LogP contribution in [-0.4, -0.2) is 91.4 Å². The Morgan fingerprint density at radius 1 is 1.04 bits per heavy atom. The highest BCUT2D eigenvalue weighted by Crippen LogP contribution is 2.29. The quantitative estimate of drug-likeness (QED) is 0.0711. The third kappa shape index (κ3) is 14.6. The molecule has 0 radical (unpaired) electrons. The van der Waals surface area contributed by atoms with E-state index in [4.69, 9.17) is 19.9 Å². The Labute approximate surface area is 335 Å². The highest BCUT2D eigenvalue weighted by atomic mass is 16.6. The van der Waals surface area contributed by atoms with Crippen LogP contribution in [0, 0.1) is 11.8 Å². The molecule has 1 aliphatic heterocycles. The highest BCUT2D eigenvalue weighted by molar-refractivity contribution is 6.23. The molecule has 2 bridgehead atoms. The summed E-state index contributed by atoms with van der Waals surface area (Å²) in [6, 6.07) is 6.60. The number of ether oxygens (including phenoxy) is 3. The van der Waals surface area contributed by atoms with Gasteiger partial charge in [-0.05, 0) is 74.8 Å². The number of carbonyl (C=O) groups excluding carboxylic acids is 5. The largest absolute Gasteiger partial charge is 0.508 e. The number of nitrogens with one attached hydrogen (secondary N) is 3. The van der Waals surface area contributed by atoms with Crippen molar-refractivity contribution in [2.75, 3.05) is 27.3 Å². The molecule has 7 N–H and O–H groups in total. The molecule has 3 amide bonds. The zero-order chi connectivity index (χ0) is 42.1. The molecule has 1 heterocycles. The first-order chi connectivity index (χ1) is 27.1. The van der Waals surface area contributed by atoms with Crippen molar-refractivity contribution in [3.8, 4) is 5.75 Å². The minimum atomic E-state index is -1.01. The topological polar surface area (TPSA) is 216 Å². The number of methoxy groups -OCH3 is 2. The molecule has 0 spiro atoms. The molecular formula is C43H58N4O10. The van der Waals surface area contributed by atoms with E-state index < -0.39 is 53.9 Å². The van der Waals surface area contributed by atoms with Gasteiger partial charge in [0.25, 0.3) is 5.91 Å². The van der Waals surface area contributed by atoms with E-state index in [1.165, 1.54) is 26.4 Å². The summed E-state index contributed by atoms with van der Waals surface area (Å²) in [5.74, 6) is -2.35. The number of Topliss-reactive ketones (excluding diaryl/α,β-unsaturated/α-hetero) is 1. The fourth-order valence-corrected chi connectivity index (χ4v) is 6.67. The van der Waals surface area contributed by atoms with Crippen molar-refractivity contribution in [1.82, 2.24) is 16.0 Å². The first-order valence-electron chi connectivity index (χ1n) is 19.2. The number of hydrogen-bond acceptors (Lipinski definition) is 11. The zero-order valence-electron chi connectivity index (χ0n) is 33.7. The summed E-state index contributed by atoms with van der Waals surface area (Å²) in [7, 11) is 2.92. The van der Waals surface area contributed by atoms with E-state index in [-0.39, 0.29) is 46.5 Å². The average Bonchev–Trinajstić information content (AvgIpc) is 3.16. The predicted molar refractivity (Wildman–Crippen MR) is 216 cm³/mol. The number of amides is 3. The van der Waals surface area contributed by atoms with E-state index in [2.05, 4.69) is 16.0 Å². The summed E-state index contributed by atoms with van der Waals surface area (Å²) in [6.07, 6.45) is 9.72. The monoisotopic (exact) mass is 790 g/mol. The van der Waals surface area contributed by atoms with E-state index in [1.807, 2.05) is 6.92 Å². The number of aliphatic hydroxyl groups excluding tert-OH is 1. The van der Waals surface area contributed by atoms with Crippen LogP contribution in [-0.2, 0) is 33.4 Å². The second-order valence-electron chi connectivity index (χ2n) is 14.5. The summed E-state index contributed by atoms with van der Waals surface area (Å²) in [5.41, 5.74) is 7.16. The van der Waals surface area contributed by atoms with Gasteiger partial charge in [0.05, 0.1) is 23.6 Å². The van der Waals surface area contributed by atoms with Gasteiger partial charge in [0.2, 0.25) is 17.5 Å². The summed E-state index contributed by atoms with van der Waals surface area (Å²) < 4.78 is 16.7. The standard InChI is InChI=1S/C43H58N4O10/c1-26-21-32-38(46-20-10-8-7-9-19-45-37(50)18-17-30-14-12-15-31(48)24-30)34(49)25-33(40(32)52)47-42(53)27(2)13-11-16-35(55-5)41(57-43(44)54)29(4)23-28(3)39(51)36(22-26)56-6/h11-18,23-26,28,35-36,39,41,46,48,51H,7-10,19-22H2,1-6H3,(H2,44,54)(H,45,50)(H,47,53)/b16-11-,18-17+,27-13+,29-23+/t26-,28+,35+,36+,39-,41+/m1/s1. The van der Waals surface area contributed by atoms with E-state index in [1.54, 1.807) is 69.3 Å². The highest BCUT2D eigenvalue weighted by Gasteiger charge is 2.33. The van der Waals surface area contributed by atoms with Crippen LogP contribution in [0.1, 0.15) is 71.8 Å². The molecule has 0 fully saturated rings. The lowest BCUT2D eigenvalue weighted by molar-refractivity contribution is -0.120. The molecule has 3 rings (SSSR count). The maximum atomic E-state index is 14.0. The van der Waals surface area contributed by atoms with Gasteiger partial charge < -0.3 is 46.1 Å². The SMILES string of the molecule is CO[C@H]1/C=C\C=C(/C)C(=O)NC2=CC(=O)C(NCCCCCCNC(=O)/C=C/c3cccc(O)c3)=C(C[C@@H](C)C[C@H](OC)[C@H](O)[C@@H](C)/C=C(\C)[C@@H]1OC(N)=O)C2=O. The zero-order valence-corrected chi connectivity index (χ0v) is 33.7. The molecule has 0 saturated heterocycles. The van der Waals surface area contributed by atoms with Crippen LogP contribution < -0.4 is 21.7 Å². The fourth-order valence-electron chi connectivity index (χ4n) is 6.67. The van der Waals surface area contributed by atoms with Gasteiger partial charge in [-0.1, -0.05) is 63.1 Å². The Morgan fingerprint density at radius 3 is 2.42 bits per heavy atom. The number of benzene rings is 1. The van der Waals surface area contributed by atoms with E-state index in [0.717, 1.165) is 25.3 Å². The van der Waals surface area contributed by atoms with Crippen LogP contribution in [0.15, 0.2) is 88.8 Å². The van der Waals surface area contributed by atoms with Crippen molar-refractivity contribution in [1.29, 1.82) is 0 Å². The van der Waals surface area contributed by atoms with Gasteiger partial charge >= 0.3 is 6.09 Å². The average molecular weight is 791 g/mol. The molecule has 6 atom stereocenters. The van der Waals surface area contributed by atoms with Gasteiger partial charge in [0, 0.05) is 56.5 Å². The van der Waals surface area contributed by atoms with Crippen molar-refractivity contribution in [2.45, 2.75) is 90.6 Å². The molecule has 14 nitrogen and oxygen atoms in total. The van der Waals surface area contributed by atoms with Crippen LogP contribution in [0.3, 0.4) is 0 Å². The van der Waals surface area contributed by atoms with Crippen molar-refractivity contribution < 1.29 is 48.4 Å². The molecule has 310 valence electrons. The minimum Gasteiger partial charge on any atom is -0.508 e. The number of aromatic hydroxyl groups is 1. The Hall–Kier alpha value is -5.31. The molecule has 1 aromatic carbocycles. The molecule has 1 aromatic rings. The Morgan fingerprint density at radius 2 is 1.75 bits per heavy atom. The van der Waals surface area contributed by atoms with Crippen molar-refractivity contribution in [3.63, 3.8) is 0 Å². The third-order valence-corrected chi connectivity index (χ3v) is 9.80. The molecule has 14 heteroatoms. The van der Waals surface area contributed by atoms with Gasteiger partial charge in [-0.15, -0.1) is 0 Å². The van der Waals surface area contributed by atoms with E-state index in [0.29, 0.717) is 37.1 Å². The lowest BCUT2D eigenvalue weighted by atomic mass is 9.85. The van der Waals surface area contributed by atoms with E-state index in [9.17, 15) is 34.2 Å². The number of hydrogen-bond donors (Lipinski definition) is 6. The van der Waals surface area contributed by atoms with Gasteiger partial charge in [-0.3, -0.25) is 19.2 Å². The van der Waals surface area contributed by atoms with Gasteiger partial charge in [-0.25, -0.2) is 4.79 Å².